The number of anilines is 1. The highest BCUT2D eigenvalue weighted by molar-refractivity contribution is 6.32. The van der Waals surface area contributed by atoms with Crippen LogP contribution in [0.15, 0.2) is 36.4 Å². The van der Waals surface area contributed by atoms with E-state index in [9.17, 15) is 9.59 Å². The molecule has 2 aromatic carbocycles. The van der Waals surface area contributed by atoms with Crippen LogP contribution >= 0.6 is 23.2 Å². The van der Waals surface area contributed by atoms with Gasteiger partial charge in [-0.1, -0.05) is 29.3 Å². The van der Waals surface area contributed by atoms with Crippen LogP contribution in [0.1, 0.15) is 24.2 Å². The number of amides is 1. The average Bonchev–Trinajstić information content (AvgIpc) is 2.60. The predicted octanol–water partition coefficient (Wildman–Crippen LogP) is 4.58. The molecule has 144 valence electrons. The number of carbonyl (C=O) groups excluding carboxylic acids is 2. The Hall–Kier alpha value is -2.44. The van der Waals surface area contributed by atoms with Gasteiger partial charge >= 0.3 is 5.97 Å². The zero-order chi connectivity index (χ0) is 20.0. The van der Waals surface area contributed by atoms with Crippen molar-refractivity contribution >= 4 is 40.8 Å². The summed E-state index contributed by atoms with van der Waals surface area (Å²) in [5.74, 6) is -0.577. The lowest BCUT2D eigenvalue weighted by Gasteiger charge is -2.16. The Labute approximate surface area is 167 Å². The molecule has 0 aromatic heterocycles. The Morgan fingerprint density at radius 2 is 1.89 bits per heavy atom. The fourth-order valence-electron chi connectivity index (χ4n) is 2.17. The van der Waals surface area contributed by atoms with Crippen LogP contribution in [0.5, 0.6) is 11.5 Å². The number of ether oxygens (including phenoxy) is 3. The number of methoxy groups -OCH3 is 1. The first-order chi connectivity index (χ1) is 12.8. The molecule has 0 saturated heterocycles. The van der Waals surface area contributed by atoms with Gasteiger partial charge in [0.1, 0.15) is 0 Å². The standard InChI is InChI=1S/C19H19Cl2NO5/c1-11(2)27-18-15(21)7-12(8-16(18)25-3)19(24)26-10-17(23)22-14-6-4-5-13(20)9-14/h4-9,11H,10H2,1-3H3,(H,22,23). The molecule has 0 radical (unpaired) electrons. The maximum atomic E-state index is 12.2. The van der Waals surface area contributed by atoms with E-state index in [1.165, 1.54) is 19.2 Å². The van der Waals surface area contributed by atoms with Crippen LogP contribution in [-0.2, 0) is 9.53 Å². The topological polar surface area (TPSA) is 73.9 Å². The minimum atomic E-state index is -0.715. The van der Waals surface area contributed by atoms with Crippen molar-refractivity contribution in [3.05, 3.63) is 52.0 Å². The van der Waals surface area contributed by atoms with Crippen molar-refractivity contribution in [1.29, 1.82) is 0 Å². The van der Waals surface area contributed by atoms with E-state index in [4.69, 9.17) is 37.4 Å². The Bertz CT molecular complexity index is 839. The van der Waals surface area contributed by atoms with Gasteiger partial charge in [0.15, 0.2) is 18.1 Å². The van der Waals surface area contributed by atoms with Crippen LogP contribution in [0.2, 0.25) is 10.0 Å². The quantitative estimate of drug-likeness (QED) is 0.674. The predicted molar refractivity (Wildman–Crippen MR) is 104 cm³/mol. The first kappa shape index (κ1) is 20.9. The SMILES string of the molecule is COc1cc(C(=O)OCC(=O)Nc2cccc(Cl)c2)cc(Cl)c1OC(C)C. The third-order valence-electron chi connectivity index (χ3n) is 3.26. The zero-order valence-electron chi connectivity index (χ0n) is 15.0. The van der Waals surface area contributed by atoms with Gasteiger partial charge in [-0.05, 0) is 44.2 Å². The van der Waals surface area contributed by atoms with Gasteiger partial charge in [0.2, 0.25) is 0 Å². The summed E-state index contributed by atoms with van der Waals surface area (Å²) >= 11 is 12.0. The maximum absolute atomic E-state index is 12.2. The lowest BCUT2D eigenvalue weighted by molar-refractivity contribution is -0.119. The second kappa shape index (κ2) is 9.48. The number of hydrogen-bond donors (Lipinski definition) is 1. The third-order valence-corrected chi connectivity index (χ3v) is 3.78. The van der Waals surface area contributed by atoms with E-state index < -0.39 is 18.5 Å². The van der Waals surface area contributed by atoms with E-state index in [-0.39, 0.29) is 16.7 Å². The Morgan fingerprint density at radius 1 is 1.15 bits per heavy atom. The number of hydrogen-bond acceptors (Lipinski definition) is 5. The van der Waals surface area contributed by atoms with E-state index in [0.717, 1.165) is 0 Å². The van der Waals surface area contributed by atoms with Crippen molar-refractivity contribution in [3.63, 3.8) is 0 Å². The maximum Gasteiger partial charge on any atom is 0.338 e. The number of rotatable bonds is 7. The van der Waals surface area contributed by atoms with Gasteiger partial charge in [-0.25, -0.2) is 4.79 Å². The van der Waals surface area contributed by atoms with Crippen LogP contribution in [0, 0.1) is 0 Å². The molecule has 6 nitrogen and oxygen atoms in total. The molecule has 0 bridgehead atoms. The van der Waals surface area contributed by atoms with Crippen molar-refractivity contribution in [2.75, 3.05) is 19.0 Å². The molecule has 0 atom stereocenters. The van der Waals surface area contributed by atoms with Crippen LogP contribution in [0.4, 0.5) is 5.69 Å². The van der Waals surface area contributed by atoms with E-state index in [2.05, 4.69) is 5.32 Å². The average molecular weight is 412 g/mol. The molecule has 0 aliphatic carbocycles. The van der Waals surface area contributed by atoms with Gasteiger partial charge in [0.25, 0.3) is 5.91 Å². The number of nitrogens with one attached hydrogen (secondary N) is 1. The lowest BCUT2D eigenvalue weighted by atomic mass is 10.2. The van der Waals surface area contributed by atoms with Gasteiger partial charge in [-0.2, -0.15) is 0 Å². The van der Waals surface area contributed by atoms with Gasteiger partial charge in [-0.3, -0.25) is 4.79 Å². The Balaban J connectivity index is 2.03. The molecule has 2 rings (SSSR count). The van der Waals surface area contributed by atoms with Gasteiger partial charge < -0.3 is 19.5 Å². The summed E-state index contributed by atoms with van der Waals surface area (Å²) in [7, 11) is 1.44. The fraction of sp³-hybridized carbons (Fsp3) is 0.263. The molecule has 1 N–H and O–H groups in total. The third kappa shape index (κ3) is 6.05. The number of carbonyl (C=O) groups is 2. The highest BCUT2D eigenvalue weighted by Gasteiger charge is 2.18. The summed E-state index contributed by atoms with van der Waals surface area (Å²) < 4.78 is 15.8. The van der Waals surface area contributed by atoms with Crippen molar-refractivity contribution < 1.29 is 23.8 Å². The molecule has 27 heavy (non-hydrogen) atoms. The molecule has 8 heteroatoms. The number of halogens is 2. The highest BCUT2D eigenvalue weighted by atomic mass is 35.5. The summed E-state index contributed by atoms with van der Waals surface area (Å²) in [6, 6.07) is 9.48. The molecule has 1 amide bonds. The van der Waals surface area contributed by atoms with Gasteiger partial charge in [0.05, 0.1) is 23.8 Å². The first-order valence-corrected chi connectivity index (χ1v) is 8.82. The molecular formula is C19H19Cl2NO5. The first-order valence-electron chi connectivity index (χ1n) is 8.07. The van der Waals surface area contributed by atoms with Crippen LogP contribution in [0.25, 0.3) is 0 Å². The normalized spacial score (nSPS) is 10.4. The summed E-state index contributed by atoms with van der Waals surface area (Å²) in [6.07, 6.45) is -0.121. The molecule has 0 heterocycles. The largest absolute Gasteiger partial charge is 0.493 e. The smallest absolute Gasteiger partial charge is 0.338 e. The molecule has 0 aliphatic heterocycles. The van der Waals surface area contributed by atoms with Gasteiger partial charge in [-0.15, -0.1) is 0 Å². The monoisotopic (exact) mass is 411 g/mol. The summed E-state index contributed by atoms with van der Waals surface area (Å²) in [6.45, 7) is 3.22. The molecular weight excluding hydrogens is 393 g/mol. The van der Waals surface area contributed by atoms with Crippen molar-refractivity contribution in [3.8, 4) is 11.5 Å². The number of benzene rings is 2. The second-order valence-electron chi connectivity index (χ2n) is 5.79. The van der Waals surface area contributed by atoms with E-state index in [1.54, 1.807) is 24.3 Å². The second-order valence-corrected chi connectivity index (χ2v) is 6.63. The molecule has 0 fully saturated rings. The van der Waals surface area contributed by atoms with E-state index in [0.29, 0.717) is 22.2 Å². The van der Waals surface area contributed by atoms with Crippen LogP contribution in [-0.4, -0.2) is 31.7 Å². The van der Waals surface area contributed by atoms with Crippen molar-refractivity contribution in [1.82, 2.24) is 0 Å². The van der Waals surface area contributed by atoms with Crippen LogP contribution < -0.4 is 14.8 Å². The summed E-state index contributed by atoms with van der Waals surface area (Å²) in [5, 5.41) is 3.27. The number of esters is 1. The van der Waals surface area contributed by atoms with Gasteiger partial charge in [0, 0.05) is 10.7 Å². The van der Waals surface area contributed by atoms with E-state index in [1.807, 2.05) is 13.8 Å². The van der Waals surface area contributed by atoms with Crippen molar-refractivity contribution in [2.24, 2.45) is 0 Å². The van der Waals surface area contributed by atoms with Crippen molar-refractivity contribution in [2.45, 2.75) is 20.0 Å². The zero-order valence-corrected chi connectivity index (χ0v) is 16.6. The molecule has 0 spiro atoms. The molecule has 0 aliphatic rings. The minimum absolute atomic E-state index is 0.121. The summed E-state index contributed by atoms with van der Waals surface area (Å²) in [5.41, 5.74) is 0.645. The molecule has 2 aromatic rings. The van der Waals surface area contributed by atoms with Crippen LogP contribution in [0.3, 0.4) is 0 Å². The molecule has 0 unspecified atom stereocenters. The highest BCUT2D eigenvalue weighted by Crippen LogP contribution is 2.37. The van der Waals surface area contributed by atoms with E-state index >= 15 is 0 Å². The Morgan fingerprint density at radius 3 is 2.52 bits per heavy atom. The minimum Gasteiger partial charge on any atom is -0.493 e. The summed E-state index contributed by atoms with van der Waals surface area (Å²) in [4.78, 5) is 24.2. The lowest BCUT2D eigenvalue weighted by Crippen LogP contribution is -2.21. The Kier molecular flexibility index (Phi) is 7.33. The fourth-order valence-corrected chi connectivity index (χ4v) is 2.61. The molecule has 0 saturated carbocycles.